The van der Waals surface area contributed by atoms with Crippen LogP contribution in [-0.4, -0.2) is 13.1 Å². The first kappa shape index (κ1) is 9.67. The molecule has 0 bridgehead atoms. The Labute approximate surface area is 80.4 Å². The van der Waals surface area contributed by atoms with Crippen molar-refractivity contribution >= 4 is 28.9 Å². The Hall–Kier alpha value is -1.42. The first-order valence-corrected chi connectivity index (χ1v) is 3.87. The molecule has 0 saturated heterocycles. The SMILES string of the molecule is COC(=O)c1ccc(Cl)c(N)c1N. The molecule has 4 nitrogen and oxygen atoms in total. The molecule has 0 aliphatic heterocycles. The topological polar surface area (TPSA) is 78.3 Å². The van der Waals surface area contributed by atoms with Gasteiger partial charge in [-0.15, -0.1) is 0 Å². The maximum absolute atomic E-state index is 11.1. The van der Waals surface area contributed by atoms with Gasteiger partial charge in [0.05, 0.1) is 29.1 Å². The van der Waals surface area contributed by atoms with Crippen LogP contribution in [0.1, 0.15) is 10.4 Å². The van der Waals surface area contributed by atoms with E-state index in [1.165, 1.54) is 19.2 Å². The molecule has 13 heavy (non-hydrogen) atoms. The third-order valence-corrected chi connectivity index (χ3v) is 1.97. The average molecular weight is 201 g/mol. The summed E-state index contributed by atoms with van der Waals surface area (Å²) in [5.41, 5.74) is 11.6. The molecule has 0 aliphatic carbocycles. The van der Waals surface area contributed by atoms with Crippen LogP contribution in [0, 0.1) is 0 Å². The smallest absolute Gasteiger partial charge is 0.340 e. The van der Waals surface area contributed by atoms with E-state index in [-0.39, 0.29) is 16.9 Å². The van der Waals surface area contributed by atoms with Crippen LogP contribution in [0.25, 0.3) is 0 Å². The Bertz CT molecular complexity index is 352. The van der Waals surface area contributed by atoms with E-state index in [4.69, 9.17) is 23.1 Å². The number of anilines is 2. The molecule has 70 valence electrons. The molecule has 0 saturated carbocycles. The van der Waals surface area contributed by atoms with E-state index in [1.54, 1.807) is 0 Å². The molecule has 0 atom stereocenters. The summed E-state index contributed by atoms with van der Waals surface area (Å²) in [4.78, 5) is 11.1. The van der Waals surface area contributed by atoms with Crippen molar-refractivity contribution < 1.29 is 9.53 Å². The normalized spacial score (nSPS) is 9.69. The van der Waals surface area contributed by atoms with Gasteiger partial charge >= 0.3 is 5.97 Å². The molecule has 1 aromatic carbocycles. The largest absolute Gasteiger partial charge is 0.465 e. The van der Waals surface area contributed by atoms with Gasteiger partial charge in [0.15, 0.2) is 0 Å². The summed E-state index contributed by atoms with van der Waals surface area (Å²) in [7, 11) is 1.27. The molecule has 1 rings (SSSR count). The minimum absolute atomic E-state index is 0.152. The van der Waals surface area contributed by atoms with E-state index in [0.29, 0.717) is 5.02 Å². The molecule has 0 amide bonds. The maximum Gasteiger partial charge on any atom is 0.340 e. The molecule has 0 unspecified atom stereocenters. The highest BCUT2D eigenvalue weighted by atomic mass is 35.5. The average Bonchev–Trinajstić information content (AvgIpc) is 2.13. The van der Waals surface area contributed by atoms with E-state index in [0.717, 1.165) is 0 Å². The Balaban J connectivity index is 3.26. The maximum atomic E-state index is 11.1. The summed E-state index contributed by atoms with van der Waals surface area (Å²) >= 11 is 5.68. The number of nitrogen functional groups attached to an aromatic ring is 2. The van der Waals surface area contributed by atoms with E-state index in [2.05, 4.69) is 4.74 Å². The molecule has 5 heteroatoms. The molecular weight excluding hydrogens is 192 g/mol. The summed E-state index contributed by atoms with van der Waals surface area (Å²) < 4.78 is 4.49. The molecule has 0 fully saturated rings. The van der Waals surface area contributed by atoms with Gasteiger partial charge in [0.2, 0.25) is 0 Å². The van der Waals surface area contributed by atoms with Crippen LogP contribution in [0.2, 0.25) is 5.02 Å². The van der Waals surface area contributed by atoms with E-state index in [1.807, 2.05) is 0 Å². The van der Waals surface area contributed by atoms with Gasteiger partial charge < -0.3 is 16.2 Å². The van der Waals surface area contributed by atoms with Crippen LogP contribution < -0.4 is 11.5 Å². The number of hydrogen-bond acceptors (Lipinski definition) is 4. The van der Waals surface area contributed by atoms with Crippen molar-refractivity contribution in [2.75, 3.05) is 18.6 Å². The Kier molecular flexibility index (Phi) is 2.63. The number of nitrogens with two attached hydrogens (primary N) is 2. The van der Waals surface area contributed by atoms with Gasteiger partial charge in [-0.3, -0.25) is 0 Å². The van der Waals surface area contributed by atoms with Gasteiger partial charge in [-0.05, 0) is 12.1 Å². The quantitative estimate of drug-likeness (QED) is 0.529. The van der Waals surface area contributed by atoms with Gasteiger partial charge in [-0.2, -0.15) is 0 Å². The van der Waals surface area contributed by atoms with Crippen LogP contribution in [0.4, 0.5) is 11.4 Å². The lowest BCUT2D eigenvalue weighted by atomic mass is 10.1. The Morgan fingerprint density at radius 3 is 2.54 bits per heavy atom. The zero-order valence-electron chi connectivity index (χ0n) is 7.00. The fourth-order valence-corrected chi connectivity index (χ4v) is 1.06. The third-order valence-electron chi connectivity index (χ3n) is 1.64. The molecule has 0 radical (unpaired) electrons. The lowest BCUT2D eigenvalue weighted by Crippen LogP contribution is -2.07. The number of halogens is 1. The third kappa shape index (κ3) is 1.67. The zero-order valence-corrected chi connectivity index (χ0v) is 7.76. The molecule has 0 aliphatic rings. The standard InChI is InChI=1S/C8H9ClN2O2/c1-13-8(12)4-2-3-5(9)7(11)6(4)10/h2-3H,10-11H2,1H3. The van der Waals surface area contributed by atoms with Crippen molar-refractivity contribution in [3.8, 4) is 0 Å². The first-order valence-electron chi connectivity index (χ1n) is 3.49. The van der Waals surface area contributed by atoms with E-state index < -0.39 is 5.97 Å². The van der Waals surface area contributed by atoms with Gasteiger partial charge in [0.1, 0.15) is 0 Å². The Morgan fingerprint density at radius 1 is 1.38 bits per heavy atom. The molecule has 4 N–H and O–H groups in total. The molecule has 0 spiro atoms. The molecule has 0 aromatic heterocycles. The lowest BCUT2D eigenvalue weighted by Gasteiger charge is -2.07. The van der Waals surface area contributed by atoms with E-state index >= 15 is 0 Å². The lowest BCUT2D eigenvalue weighted by molar-refractivity contribution is 0.0602. The number of esters is 1. The highest BCUT2D eigenvalue weighted by Crippen LogP contribution is 2.28. The van der Waals surface area contributed by atoms with Gasteiger partial charge in [-0.25, -0.2) is 4.79 Å². The summed E-state index contributed by atoms with van der Waals surface area (Å²) in [6.07, 6.45) is 0. The number of rotatable bonds is 1. The number of methoxy groups -OCH3 is 1. The minimum atomic E-state index is -0.527. The molecule has 1 aromatic rings. The van der Waals surface area contributed by atoms with Crippen LogP contribution in [0.15, 0.2) is 12.1 Å². The minimum Gasteiger partial charge on any atom is -0.465 e. The zero-order chi connectivity index (χ0) is 10.0. The van der Waals surface area contributed by atoms with Crippen LogP contribution in [-0.2, 0) is 4.74 Å². The summed E-state index contributed by atoms with van der Waals surface area (Å²) in [6.45, 7) is 0. The van der Waals surface area contributed by atoms with Crippen molar-refractivity contribution in [3.05, 3.63) is 22.7 Å². The summed E-state index contributed by atoms with van der Waals surface area (Å²) in [6, 6.07) is 2.97. The second-order valence-electron chi connectivity index (χ2n) is 2.41. The number of carbonyl (C=O) groups excluding carboxylic acids is 1. The van der Waals surface area contributed by atoms with Gasteiger partial charge in [0, 0.05) is 0 Å². The van der Waals surface area contributed by atoms with Gasteiger partial charge in [-0.1, -0.05) is 11.6 Å². The number of ether oxygens (including phenoxy) is 1. The van der Waals surface area contributed by atoms with Crippen molar-refractivity contribution in [3.63, 3.8) is 0 Å². The first-order chi connectivity index (χ1) is 6.07. The van der Waals surface area contributed by atoms with Crippen molar-refractivity contribution in [1.82, 2.24) is 0 Å². The summed E-state index contributed by atoms with van der Waals surface area (Å²) in [5, 5.41) is 0.324. The highest BCUT2D eigenvalue weighted by Gasteiger charge is 2.13. The number of carbonyl (C=O) groups is 1. The fraction of sp³-hybridized carbons (Fsp3) is 0.125. The Morgan fingerprint density at radius 2 is 2.00 bits per heavy atom. The predicted molar refractivity (Wildman–Crippen MR) is 51.6 cm³/mol. The highest BCUT2D eigenvalue weighted by molar-refractivity contribution is 6.34. The fourth-order valence-electron chi connectivity index (χ4n) is 0.898. The van der Waals surface area contributed by atoms with Crippen LogP contribution >= 0.6 is 11.6 Å². The van der Waals surface area contributed by atoms with Crippen molar-refractivity contribution in [2.24, 2.45) is 0 Å². The monoisotopic (exact) mass is 200 g/mol. The number of benzene rings is 1. The van der Waals surface area contributed by atoms with Crippen molar-refractivity contribution in [2.45, 2.75) is 0 Å². The van der Waals surface area contributed by atoms with Crippen LogP contribution in [0.3, 0.4) is 0 Å². The number of hydrogen-bond donors (Lipinski definition) is 2. The molecule has 0 heterocycles. The second-order valence-corrected chi connectivity index (χ2v) is 2.82. The summed E-state index contributed by atoms with van der Waals surface area (Å²) in [5.74, 6) is -0.527. The van der Waals surface area contributed by atoms with Crippen molar-refractivity contribution in [1.29, 1.82) is 0 Å². The van der Waals surface area contributed by atoms with E-state index in [9.17, 15) is 4.79 Å². The van der Waals surface area contributed by atoms with Gasteiger partial charge in [0.25, 0.3) is 0 Å². The van der Waals surface area contributed by atoms with Crippen LogP contribution in [0.5, 0.6) is 0 Å². The second kappa shape index (κ2) is 3.53. The predicted octanol–water partition coefficient (Wildman–Crippen LogP) is 1.29. The molecular formula is C8H9ClN2O2.